The normalized spacial score (nSPS) is 26.8. The van der Waals surface area contributed by atoms with Crippen LogP contribution in [0.25, 0.3) is 0 Å². The Hall–Kier alpha value is -1.40. The number of carbonyl (C=O) groups is 1. The third-order valence-corrected chi connectivity index (χ3v) is 4.08. The highest BCUT2D eigenvalue weighted by molar-refractivity contribution is 5.92. The first kappa shape index (κ1) is 15.0. The zero-order valence-electron chi connectivity index (χ0n) is 12.0. The Bertz CT molecular complexity index is 473. The van der Waals surface area contributed by atoms with E-state index in [1.54, 1.807) is 17.9 Å². The second-order valence-corrected chi connectivity index (χ2v) is 5.62. The van der Waals surface area contributed by atoms with Crippen molar-refractivity contribution in [2.24, 2.45) is 5.41 Å². The third kappa shape index (κ3) is 2.71. The van der Waals surface area contributed by atoms with E-state index in [0.717, 1.165) is 6.42 Å². The summed E-state index contributed by atoms with van der Waals surface area (Å²) in [6, 6.07) is 1.60. The number of aliphatic hydroxyl groups excluding tert-OH is 2. The number of amides is 1. The number of nitrogens with zero attached hydrogens (tertiary/aromatic N) is 2. The predicted octanol–water partition coefficient (Wildman–Crippen LogP) is 0.969. The molecular weight excluding hydrogens is 260 g/mol. The van der Waals surface area contributed by atoms with Gasteiger partial charge in [-0.15, -0.1) is 0 Å². The summed E-state index contributed by atoms with van der Waals surface area (Å²) in [6.45, 7) is 4.44. The van der Waals surface area contributed by atoms with Crippen molar-refractivity contribution in [3.63, 3.8) is 0 Å². The number of aromatic nitrogens is 1. The van der Waals surface area contributed by atoms with Gasteiger partial charge in [-0.05, 0) is 19.8 Å². The number of piperidine rings is 1. The number of hydrogen-bond donors (Lipinski definition) is 2. The van der Waals surface area contributed by atoms with Crippen molar-refractivity contribution < 1.29 is 19.5 Å². The van der Waals surface area contributed by atoms with Gasteiger partial charge in [0.25, 0.3) is 5.91 Å². The van der Waals surface area contributed by atoms with Crippen LogP contribution in [0.3, 0.4) is 0 Å². The molecule has 0 unspecified atom stereocenters. The van der Waals surface area contributed by atoms with Crippen LogP contribution in [0.2, 0.25) is 0 Å². The van der Waals surface area contributed by atoms with Gasteiger partial charge in [-0.2, -0.15) is 0 Å². The van der Waals surface area contributed by atoms with E-state index >= 15 is 0 Å². The highest BCUT2D eigenvalue weighted by Crippen LogP contribution is 2.35. The topological polar surface area (TPSA) is 86.8 Å². The van der Waals surface area contributed by atoms with Crippen molar-refractivity contribution >= 4 is 5.91 Å². The van der Waals surface area contributed by atoms with Crippen LogP contribution >= 0.6 is 0 Å². The summed E-state index contributed by atoms with van der Waals surface area (Å²) in [5, 5.41) is 23.6. The van der Waals surface area contributed by atoms with Gasteiger partial charge < -0.3 is 19.6 Å². The van der Waals surface area contributed by atoms with Gasteiger partial charge >= 0.3 is 0 Å². The molecule has 1 aliphatic rings. The molecule has 6 nitrogen and oxygen atoms in total. The first-order chi connectivity index (χ1) is 9.52. The lowest BCUT2D eigenvalue weighted by Gasteiger charge is -2.45. The van der Waals surface area contributed by atoms with E-state index in [1.807, 2.05) is 6.92 Å². The summed E-state index contributed by atoms with van der Waals surface area (Å²) in [5.74, 6) is 0.384. The van der Waals surface area contributed by atoms with E-state index in [1.165, 1.54) is 0 Å². The lowest BCUT2D eigenvalue weighted by molar-refractivity contribution is -0.0721. The van der Waals surface area contributed by atoms with Gasteiger partial charge in [0.1, 0.15) is 5.76 Å². The minimum atomic E-state index is -0.624. The quantitative estimate of drug-likeness (QED) is 0.859. The summed E-state index contributed by atoms with van der Waals surface area (Å²) in [6.07, 6.45) is 1.44. The average molecular weight is 282 g/mol. The molecule has 2 rings (SSSR count). The Labute approximate surface area is 118 Å². The molecule has 1 amide bonds. The Balaban J connectivity index is 2.16. The number of rotatable bonds is 4. The number of hydrogen-bond acceptors (Lipinski definition) is 5. The first-order valence-electron chi connectivity index (χ1n) is 7.04. The smallest absolute Gasteiger partial charge is 0.276 e. The number of aryl methyl sites for hydroxylation is 1. The van der Waals surface area contributed by atoms with Gasteiger partial charge in [0.2, 0.25) is 0 Å². The van der Waals surface area contributed by atoms with Gasteiger partial charge in [-0.1, -0.05) is 18.5 Å². The molecular formula is C14H22N2O4. The van der Waals surface area contributed by atoms with Crippen molar-refractivity contribution in [3.05, 3.63) is 17.5 Å². The van der Waals surface area contributed by atoms with Gasteiger partial charge in [-0.25, -0.2) is 0 Å². The molecule has 0 bridgehead atoms. The van der Waals surface area contributed by atoms with Crippen molar-refractivity contribution in [3.8, 4) is 0 Å². The molecule has 0 aliphatic carbocycles. The molecule has 0 radical (unpaired) electrons. The summed E-state index contributed by atoms with van der Waals surface area (Å²) in [5.41, 5.74) is -0.344. The number of carbonyl (C=O) groups excluding carboxylic acids is 1. The molecule has 2 atom stereocenters. The van der Waals surface area contributed by atoms with Crippen LogP contribution < -0.4 is 0 Å². The monoisotopic (exact) mass is 282 g/mol. The second kappa shape index (κ2) is 5.93. The molecule has 0 saturated carbocycles. The predicted molar refractivity (Wildman–Crippen MR) is 72.2 cm³/mol. The van der Waals surface area contributed by atoms with Crippen LogP contribution in [0.15, 0.2) is 10.6 Å². The Morgan fingerprint density at radius 1 is 1.65 bits per heavy atom. The largest absolute Gasteiger partial charge is 0.396 e. The van der Waals surface area contributed by atoms with Crippen LogP contribution in [-0.2, 0) is 0 Å². The zero-order valence-corrected chi connectivity index (χ0v) is 12.0. The Morgan fingerprint density at radius 3 is 2.95 bits per heavy atom. The number of likely N-dealkylation sites (tertiary alicyclic amines) is 1. The molecule has 2 heterocycles. The molecule has 112 valence electrons. The summed E-state index contributed by atoms with van der Waals surface area (Å²) in [7, 11) is 0. The standard InChI is InChI=1S/C14H22N2O4/c1-3-5-14(9-17)8-16(6-4-12(14)18)13(19)11-7-10(2)20-15-11/h7,12,17-18H,3-6,8-9H2,1-2H3/t12-,14-/m0/s1. The van der Waals surface area contributed by atoms with E-state index < -0.39 is 11.5 Å². The van der Waals surface area contributed by atoms with E-state index in [0.29, 0.717) is 31.7 Å². The Morgan fingerprint density at radius 2 is 2.40 bits per heavy atom. The highest BCUT2D eigenvalue weighted by atomic mass is 16.5. The van der Waals surface area contributed by atoms with Crippen LogP contribution in [0.1, 0.15) is 42.4 Å². The average Bonchev–Trinajstić information content (AvgIpc) is 2.87. The highest BCUT2D eigenvalue weighted by Gasteiger charge is 2.43. The molecule has 20 heavy (non-hydrogen) atoms. The minimum absolute atomic E-state index is 0.121. The SMILES string of the molecule is CCC[C@@]1(CO)CN(C(=O)c2cc(C)on2)CC[C@@H]1O. The molecule has 1 aromatic heterocycles. The van der Waals surface area contributed by atoms with E-state index in [2.05, 4.69) is 5.16 Å². The van der Waals surface area contributed by atoms with Gasteiger partial charge in [0.05, 0.1) is 12.7 Å². The lowest BCUT2D eigenvalue weighted by Crippen LogP contribution is -2.55. The fourth-order valence-electron chi connectivity index (χ4n) is 2.93. The van der Waals surface area contributed by atoms with E-state index in [9.17, 15) is 15.0 Å². The molecule has 2 N–H and O–H groups in total. The molecule has 0 spiro atoms. The summed E-state index contributed by atoms with van der Waals surface area (Å²) < 4.78 is 4.93. The van der Waals surface area contributed by atoms with Crippen LogP contribution in [0, 0.1) is 12.3 Å². The first-order valence-corrected chi connectivity index (χ1v) is 7.04. The van der Waals surface area contributed by atoms with Crippen LogP contribution in [0.5, 0.6) is 0 Å². The van der Waals surface area contributed by atoms with Crippen molar-refractivity contribution in [1.82, 2.24) is 10.1 Å². The Kier molecular flexibility index (Phi) is 4.45. The minimum Gasteiger partial charge on any atom is -0.396 e. The van der Waals surface area contributed by atoms with Gasteiger partial charge in [0, 0.05) is 24.6 Å². The fourth-order valence-corrected chi connectivity index (χ4v) is 2.93. The molecule has 6 heteroatoms. The summed E-state index contributed by atoms with van der Waals surface area (Å²) >= 11 is 0. The van der Waals surface area contributed by atoms with E-state index in [4.69, 9.17) is 4.52 Å². The molecule has 0 aromatic carbocycles. The van der Waals surface area contributed by atoms with Gasteiger partial charge in [0.15, 0.2) is 5.69 Å². The maximum absolute atomic E-state index is 12.4. The maximum Gasteiger partial charge on any atom is 0.276 e. The van der Waals surface area contributed by atoms with Crippen LogP contribution in [-0.4, -0.2) is 52.0 Å². The fraction of sp³-hybridized carbons (Fsp3) is 0.714. The molecule has 1 aromatic rings. The lowest BCUT2D eigenvalue weighted by atomic mass is 9.74. The second-order valence-electron chi connectivity index (χ2n) is 5.62. The van der Waals surface area contributed by atoms with Crippen molar-refractivity contribution in [2.45, 2.75) is 39.2 Å². The zero-order chi connectivity index (χ0) is 14.8. The van der Waals surface area contributed by atoms with Crippen molar-refractivity contribution in [2.75, 3.05) is 19.7 Å². The number of aliphatic hydroxyl groups is 2. The summed E-state index contributed by atoms with van der Waals surface area (Å²) in [4.78, 5) is 14.0. The maximum atomic E-state index is 12.4. The van der Waals surface area contributed by atoms with Crippen molar-refractivity contribution in [1.29, 1.82) is 0 Å². The molecule has 1 fully saturated rings. The molecule has 1 saturated heterocycles. The molecule has 1 aliphatic heterocycles. The van der Waals surface area contributed by atoms with Crippen LogP contribution in [0.4, 0.5) is 0 Å². The van der Waals surface area contributed by atoms with E-state index in [-0.39, 0.29) is 18.2 Å². The van der Waals surface area contributed by atoms with Gasteiger partial charge in [-0.3, -0.25) is 4.79 Å². The third-order valence-electron chi connectivity index (χ3n) is 4.08.